The molecular weight excluding hydrogens is 354 g/mol. The van der Waals surface area contributed by atoms with Gasteiger partial charge in [0.05, 0.1) is 0 Å². The molecule has 0 unspecified atom stereocenters. The summed E-state index contributed by atoms with van der Waals surface area (Å²) in [5.74, 6) is 0.717. The van der Waals surface area contributed by atoms with Crippen LogP contribution in [0.2, 0.25) is 0 Å². The number of amides is 1. The highest BCUT2D eigenvalue weighted by Gasteiger charge is 2.13. The van der Waals surface area contributed by atoms with Gasteiger partial charge < -0.3 is 9.73 Å². The van der Waals surface area contributed by atoms with Gasteiger partial charge in [-0.2, -0.15) is 0 Å². The molecule has 3 rings (SSSR count). The van der Waals surface area contributed by atoms with Crippen LogP contribution in [0.5, 0.6) is 0 Å². The summed E-state index contributed by atoms with van der Waals surface area (Å²) in [7, 11) is 0. The van der Waals surface area contributed by atoms with Gasteiger partial charge in [-0.3, -0.25) is 4.79 Å². The molecule has 1 aromatic heterocycles. The minimum atomic E-state index is -0.248. The Morgan fingerprint density at radius 1 is 1.00 bits per heavy atom. The summed E-state index contributed by atoms with van der Waals surface area (Å²) < 4.78 is 6.69. The predicted octanol–water partition coefficient (Wildman–Crippen LogP) is 5.58. The molecule has 0 aliphatic heterocycles. The van der Waals surface area contributed by atoms with Gasteiger partial charge in [-0.15, -0.1) is 0 Å². The van der Waals surface area contributed by atoms with Crippen LogP contribution in [0, 0.1) is 13.8 Å². The topological polar surface area (TPSA) is 42.2 Å². The largest absolute Gasteiger partial charge is 0.451 e. The van der Waals surface area contributed by atoms with Crippen LogP contribution in [-0.2, 0) is 0 Å². The molecule has 1 N–H and O–H groups in total. The van der Waals surface area contributed by atoms with Crippen LogP contribution in [0.25, 0.3) is 11.3 Å². The van der Waals surface area contributed by atoms with Crippen molar-refractivity contribution < 1.29 is 9.21 Å². The summed E-state index contributed by atoms with van der Waals surface area (Å²) in [6, 6.07) is 17.1. The van der Waals surface area contributed by atoms with E-state index in [0.717, 1.165) is 26.9 Å². The van der Waals surface area contributed by atoms with E-state index < -0.39 is 0 Å². The number of benzene rings is 2. The van der Waals surface area contributed by atoms with Gasteiger partial charge in [-0.25, -0.2) is 0 Å². The number of furan rings is 1. The molecule has 4 heteroatoms. The molecule has 0 fully saturated rings. The number of hydrogen-bond donors (Lipinski definition) is 1. The van der Waals surface area contributed by atoms with Crippen LogP contribution in [0.15, 0.2) is 63.5 Å². The third-order valence-electron chi connectivity index (χ3n) is 3.81. The standard InChI is InChI=1S/C19H16BrNO2/c1-12-4-3-5-16(13(12)2)21-19(22)18-11-10-17(23-18)14-6-8-15(20)9-7-14/h3-11H,1-2H3,(H,21,22). The molecule has 2 aromatic carbocycles. The molecule has 0 atom stereocenters. The summed E-state index contributed by atoms with van der Waals surface area (Å²) in [4.78, 5) is 12.4. The number of hydrogen-bond acceptors (Lipinski definition) is 2. The molecule has 0 spiro atoms. The van der Waals surface area contributed by atoms with E-state index in [2.05, 4.69) is 21.2 Å². The minimum absolute atomic E-state index is 0.248. The Hall–Kier alpha value is -2.33. The fraction of sp³-hybridized carbons (Fsp3) is 0.105. The van der Waals surface area contributed by atoms with E-state index in [0.29, 0.717) is 11.5 Å². The fourth-order valence-corrected chi connectivity index (χ4v) is 2.56. The molecule has 3 aromatic rings. The van der Waals surface area contributed by atoms with Gasteiger partial charge in [0.1, 0.15) is 5.76 Å². The Morgan fingerprint density at radius 2 is 1.74 bits per heavy atom. The molecule has 0 aliphatic rings. The molecule has 0 aliphatic carbocycles. The second-order valence-electron chi connectivity index (χ2n) is 5.37. The lowest BCUT2D eigenvalue weighted by atomic mass is 10.1. The lowest BCUT2D eigenvalue weighted by Crippen LogP contribution is -2.12. The van der Waals surface area contributed by atoms with Crippen molar-refractivity contribution in [2.45, 2.75) is 13.8 Å². The number of carbonyl (C=O) groups excluding carboxylic acids is 1. The summed E-state index contributed by atoms with van der Waals surface area (Å²) in [5, 5.41) is 2.90. The Morgan fingerprint density at radius 3 is 2.48 bits per heavy atom. The zero-order valence-electron chi connectivity index (χ0n) is 12.9. The molecule has 1 heterocycles. The number of anilines is 1. The normalized spacial score (nSPS) is 10.6. The van der Waals surface area contributed by atoms with Crippen LogP contribution >= 0.6 is 15.9 Å². The maximum atomic E-state index is 12.4. The van der Waals surface area contributed by atoms with Crippen molar-refractivity contribution in [3.8, 4) is 11.3 Å². The monoisotopic (exact) mass is 369 g/mol. The van der Waals surface area contributed by atoms with Gasteiger partial charge in [0.15, 0.2) is 5.76 Å². The molecule has 3 nitrogen and oxygen atoms in total. The molecule has 0 bridgehead atoms. The van der Waals surface area contributed by atoms with Crippen LogP contribution in [0.3, 0.4) is 0 Å². The number of carbonyl (C=O) groups is 1. The molecule has 0 saturated carbocycles. The smallest absolute Gasteiger partial charge is 0.291 e. The summed E-state index contributed by atoms with van der Waals surface area (Å²) in [5.41, 5.74) is 3.92. The zero-order chi connectivity index (χ0) is 16.4. The van der Waals surface area contributed by atoms with Gasteiger partial charge >= 0.3 is 0 Å². The van der Waals surface area contributed by atoms with E-state index >= 15 is 0 Å². The van der Waals surface area contributed by atoms with Gasteiger partial charge in [0.25, 0.3) is 5.91 Å². The highest BCUT2D eigenvalue weighted by molar-refractivity contribution is 9.10. The lowest BCUT2D eigenvalue weighted by molar-refractivity contribution is 0.0997. The third-order valence-corrected chi connectivity index (χ3v) is 4.34. The van der Waals surface area contributed by atoms with Crippen LogP contribution in [-0.4, -0.2) is 5.91 Å². The third kappa shape index (κ3) is 3.37. The number of halogens is 1. The summed E-state index contributed by atoms with van der Waals surface area (Å²) >= 11 is 3.40. The molecular formula is C19H16BrNO2. The number of aryl methyl sites for hydroxylation is 1. The van der Waals surface area contributed by atoms with Crippen molar-refractivity contribution in [1.29, 1.82) is 0 Å². The SMILES string of the molecule is Cc1cccc(NC(=O)c2ccc(-c3ccc(Br)cc3)o2)c1C. The van der Waals surface area contributed by atoms with E-state index in [1.54, 1.807) is 12.1 Å². The second kappa shape index (κ2) is 6.42. The van der Waals surface area contributed by atoms with Crippen molar-refractivity contribution in [2.75, 3.05) is 5.32 Å². The van der Waals surface area contributed by atoms with Crippen LogP contribution in [0.1, 0.15) is 21.7 Å². The Labute approximate surface area is 143 Å². The fourth-order valence-electron chi connectivity index (χ4n) is 2.30. The first-order valence-corrected chi connectivity index (χ1v) is 8.07. The van der Waals surface area contributed by atoms with Crippen LogP contribution < -0.4 is 5.32 Å². The summed E-state index contributed by atoms with van der Waals surface area (Å²) in [6.07, 6.45) is 0. The predicted molar refractivity (Wildman–Crippen MR) is 95.7 cm³/mol. The molecule has 0 radical (unpaired) electrons. The first kappa shape index (κ1) is 15.6. The second-order valence-corrected chi connectivity index (χ2v) is 6.29. The Balaban J connectivity index is 1.81. The van der Waals surface area contributed by atoms with Crippen molar-refractivity contribution in [3.05, 3.63) is 76.0 Å². The van der Waals surface area contributed by atoms with Crippen molar-refractivity contribution in [1.82, 2.24) is 0 Å². The zero-order valence-corrected chi connectivity index (χ0v) is 14.5. The van der Waals surface area contributed by atoms with Crippen molar-refractivity contribution >= 4 is 27.5 Å². The molecule has 116 valence electrons. The highest BCUT2D eigenvalue weighted by atomic mass is 79.9. The van der Waals surface area contributed by atoms with E-state index in [1.807, 2.05) is 56.3 Å². The Bertz CT molecular complexity index is 850. The van der Waals surface area contributed by atoms with E-state index in [1.165, 1.54) is 0 Å². The maximum absolute atomic E-state index is 12.4. The molecule has 23 heavy (non-hydrogen) atoms. The maximum Gasteiger partial charge on any atom is 0.291 e. The van der Waals surface area contributed by atoms with E-state index in [-0.39, 0.29) is 5.91 Å². The van der Waals surface area contributed by atoms with Gasteiger partial charge in [0.2, 0.25) is 0 Å². The van der Waals surface area contributed by atoms with E-state index in [9.17, 15) is 4.79 Å². The number of rotatable bonds is 3. The van der Waals surface area contributed by atoms with Crippen molar-refractivity contribution in [2.24, 2.45) is 0 Å². The average Bonchev–Trinajstić information content (AvgIpc) is 3.02. The van der Waals surface area contributed by atoms with E-state index in [4.69, 9.17) is 4.42 Å². The van der Waals surface area contributed by atoms with Gasteiger partial charge in [0, 0.05) is 15.7 Å². The first-order chi connectivity index (χ1) is 11.0. The summed E-state index contributed by atoms with van der Waals surface area (Å²) in [6.45, 7) is 4.00. The van der Waals surface area contributed by atoms with Gasteiger partial charge in [-0.1, -0.05) is 40.2 Å². The highest BCUT2D eigenvalue weighted by Crippen LogP contribution is 2.25. The van der Waals surface area contributed by atoms with Gasteiger partial charge in [-0.05, 0) is 55.3 Å². The van der Waals surface area contributed by atoms with Crippen molar-refractivity contribution in [3.63, 3.8) is 0 Å². The molecule has 1 amide bonds. The average molecular weight is 370 g/mol. The Kier molecular flexibility index (Phi) is 4.35. The van der Waals surface area contributed by atoms with Crippen LogP contribution in [0.4, 0.5) is 5.69 Å². The lowest BCUT2D eigenvalue weighted by Gasteiger charge is -2.09. The quantitative estimate of drug-likeness (QED) is 0.654. The molecule has 0 saturated heterocycles. The first-order valence-electron chi connectivity index (χ1n) is 7.28. The number of nitrogens with one attached hydrogen (secondary N) is 1. The minimum Gasteiger partial charge on any atom is -0.451 e.